The van der Waals surface area contributed by atoms with E-state index in [4.69, 9.17) is 0 Å². The lowest BCUT2D eigenvalue weighted by Gasteiger charge is -2.27. The Kier molecular flexibility index (Phi) is 4.90. The van der Waals surface area contributed by atoms with Gasteiger partial charge in [0, 0.05) is 6.20 Å². The van der Waals surface area contributed by atoms with Gasteiger partial charge >= 0.3 is 0 Å². The highest BCUT2D eigenvalue weighted by molar-refractivity contribution is 5.76. The van der Waals surface area contributed by atoms with E-state index in [1.807, 2.05) is 0 Å². The molecule has 0 aliphatic rings. The van der Waals surface area contributed by atoms with Crippen LogP contribution in [-0.2, 0) is 11.3 Å². The predicted octanol–water partition coefficient (Wildman–Crippen LogP) is 2.71. The molecule has 2 aromatic rings. The van der Waals surface area contributed by atoms with E-state index < -0.39 is 0 Å². The van der Waals surface area contributed by atoms with Crippen molar-refractivity contribution in [1.29, 1.82) is 0 Å². The van der Waals surface area contributed by atoms with Crippen molar-refractivity contribution in [2.24, 2.45) is 5.41 Å². The highest BCUT2D eigenvalue weighted by Crippen LogP contribution is 2.29. The van der Waals surface area contributed by atoms with Gasteiger partial charge in [-0.2, -0.15) is 0 Å². The number of halogens is 1. The molecule has 1 N–H and O–H groups in total. The van der Waals surface area contributed by atoms with E-state index in [-0.39, 0.29) is 29.7 Å². The third-order valence-electron chi connectivity index (χ3n) is 3.20. The van der Waals surface area contributed by atoms with E-state index in [0.29, 0.717) is 0 Å². The number of aromatic nitrogens is 3. The van der Waals surface area contributed by atoms with Crippen LogP contribution in [0.25, 0.3) is 0 Å². The van der Waals surface area contributed by atoms with Crippen molar-refractivity contribution >= 4 is 5.91 Å². The van der Waals surface area contributed by atoms with E-state index in [0.717, 1.165) is 12.0 Å². The topological polar surface area (TPSA) is 59.8 Å². The van der Waals surface area contributed by atoms with Crippen LogP contribution < -0.4 is 5.32 Å². The van der Waals surface area contributed by atoms with Crippen molar-refractivity contribution in [3.05, 3.63) is 48.0 Å². The van der Waals surface area contributed by atoms with E-state index >= 15 is 0 Å². The van der Waals surface area contributed by atoms with Crippen LogP contribution in [0.5, 0.6) is 0 Å². The van der Waals surface area contributed by atoms with Crippen LogP contribution in [0.2, 0.25) is 0 Å². The molecular formula is C16H21FN4O. The summed E-state index contributed by atoms with van der Waals surface area (Å²) in [6.45, 7) is 6.43. The number of amides is 1. The molecule has 1 aromatic carbocycles. The van der Waals surface area contributed by atoms with Crippen LogP contribution in [-0.4, -0.2) is 20.9 Å². The van der Waals surface area contributed by atoms with Crippen LogP contribution in [0.4, 0.5) is 4.39 Å². The van der Waals surface area contributed by atoms with Gasteiger partial charge in [-0.3, -0.25) is 4.79 Å². The number of benzene rings is 1. The predicted molar refractivity (Wildman–Crippen MR) is 81.4 cm³/mol. The Morgan fingerprint density at radius 1 is 1.32 bits per heavy atom. The van der Waals surface area contributed by atoms with Crippen LogP contribution in [0.3, 0.4) is 0 Å². The molecule has 0 saturated heterocycles. The van der Waals surface area contributed by atoms with Gasteiger partial charge in [-0.15, -0.1) is 5.10 Å². The minimum absolute atomic E-state index is 0.0274. The molecule has 2 rings (SSSR count). The van der Waals surface area contributed by atoms with Gasteiger partial charge in [0.2, 0.25) is 5.91 Å². The lowest BCUT2D eigenvalue weighted by molar-refractivity contribution is -0.122. The molecule has 0 saturated carbocycles. The summed E-state index contributed by atoms with van der Waals surface area (Å²) in [6, 6.07) is 6.07. The third-order valence-corrected chi connectivity index (χ3v) is 3.20. The number of carbonyl (C=O) groups excluding carboxylic acids is 1. The Balaban J connectivity index is 2.10. The molecule has 0 radical (unpaired) electrons. The average molecular weight is 304 g/mol. The Morgan fingerprint density at radius 3 is 2.55 bits per heavy atom. The molecule has 22 heavy (non-hydrogen) atoms. The number of hydrogen-bond donors (Lipinski definition) is 1. The maximum Gasteiger partial charge on any atom is 0.242 e. The summed E-state index contributed by atoms with van der Waals surface area (Å²) in [5.41, 5.74) is 0.919. The SMILES string of the molecule is CC(C)(C)C[C@H](NC(=O)Cn1ccnn1)c1ccc(F)cc1. The van der Waals surface area contributed by atoms with Crippen molar-refractivity contribution in [1.82, 2.24) is 20.3 Å². The fourth-order valence-electron chi connectivity index (χ4n) is 2.26. The lowest BCUT2D eigenvalue weighted by atomic mass is 9.85. The highest BCUT2D eigenvalue weighted by Gasteiger charge is 2.22. The Bertz CT molecular complexity index is 602. The molecule has 0 fully saturated rings. The van der Waals surface area contributed by atoms with Crippen LogP contribution in [0.1, 0.15) is 38.8 Å². The molecule has 1 amide bonds. The summed E-state index contributed by atoms with van der Waals surface area (Å²) < 4.78 is 14.6. The smallest absolute Gasteiger partial charge is 0.242 e. The second-order valence-corrected chi connectivity index (χ2v) is 6.54. The maximum absolute atomic E-state index is 13.1. The maximum atomic E-state index is 13.1. The van der Waals surface area contributed by atoms with Gasteiger partial charge in [0.25, 0.3) is 0 Å². The van der Waals surface area contributed by atoms with Crippen LogP contribution in [0, 0.1) is 11.2 Å². The first-order chi connectivity index (χ1) is 10.3. The van der Waals surface area contributed by atoms with Crippen molar-refractivity contribution in [2.45, 2.75) is 39.8 Å². The Morgan fingerprint density at radius 2 is 2.00 bits per heavy atom. The summed E-state index contributed by atoms with van der Waals surface area (Å²) >= 11 is 0. The second kappa shape index (κ2) is 6.68. The second-order valence-electron chi connectivity index (χ2n) is 6.54. The summed E-state index contributed by atoms with van der Waals surface area (Å²) in [7, 11) is 0. The fourth-order valence-corrected chi connectivity index (χ4v) is 2.26. The summed E-state index contributed by atoms with van der Waals surface area (Å²) in [4.78, 5) is 12.2. The summed E-state index contributed by atoms with van der Waals surface area (Å²) in [5.74, 6) is -0.434. The van der Waals surface area contributed by atoms with Gasteiger partial charge in [-0.25, -0.2) is 9.07 Å². The van der Waals surface area contributed by atoms with E-state index in [1.54, 1.807) is 18.3 Å². The molecule has 5 nitrogen and oxygen atoms in total. The molecule has 0 aliphatic heterocycles. The molecule has 1 heterocycles. The lowest BCUT2D eigenvalue weighted by Crippen LogP contribution is -2.33. The number of nitrogens with zero attached hydrogens (tertiary/aromatic N) is 3. The monoisotopic (exact) mass is 304 g/mol. The van der Waals surface area contributed by atoms with Crippen LogP contribution >= 0.6 is 0 Å². The third kappa shape index (κ3) is 4.95. The first-order valence-electron chi connectivity index (χ1n) is 7.22. The average Bonchev–Trinajstić information content (AvgIpc) is 2.90. The first kappa shape index (κ1) is 16.1. The number of rotatable bonds is 5. The van der Waals surface area contributed by atoms with Crippen molar-refractivity contribution in [3.8, 4) is 0 Å². The highest BCUT2D eigenvalue weighted by atomic mass is 19.1. The van der Waals surface area contributed by atoms with Crippen molar-refractivity contribution in [2.75, 3.05) is 0 Å². The summed E-state index contributed by atoms with van der Waals surface area (Å²) in [5, 5.41) is 10.4. The normalized spacial score (nSPS) is 12.9. The Hall–Kier alpha value is -2.24. The zero-order chi connectivity index (χ0) is 16.2. The summed E-state index contributed by atoms with van der Waals surface area (Å²) in [6.07, 6.45) is 3.91. The van der Waals surface area contributed by atoms with Gasteiger partial charge in [0.05, 0.1) is 12.2 Å². The quantitative estimate of drug-likeness (QED) is 0.924. The molecule has 1 aromatic heterocycles. The molecule has 118 valence electrons. The van der Waals surface area contributed by atoms with Crippen molar-refractivity contribution < 1.29 is 9.18 Å². The van der Waals surface area contributed by atoms with Crippen molar-refractivity contribution in [3.63, 3.8) is 0 Å². The molecule has 0 bridgehead atoms. The number of carbonyl (C=O) groups is 1. The molecular weight excluding hydrogens is 283 g/mol. The number of nitrogens with one attached hydrogen (secondary N) is 1. The van der Waals surface area contributed by atoms with Gasteiger partial charge in [0.1, 0.15) is 12.4 Å². The molecule has 6 heteroatoms. The van der Waals surface area contributed by atoms with Crippen LogP contribution in [0.15, 0.2) is 36.7 Å². The molecule has 0 unspecified atom stereocenters. The van der Waals surface area contributed by atoms with E-state index in [9.17, 15) is 9.18 Å². The zero-order valence-electron chi connectivity index (χ0n) is 13.1. The van der Waals surface area contributed by atoms with E-state index in [2.05, 4.69) is 36.4 Å². The molecule has 0 aliphatic carbocycles. The first-order valence-corrected chi connectivity index (χ1v) is 7.22. The Labute approximate surface area is 129 Å². The van der Waals surface area contributed by atoms with Gasteiger partial charge in [-0.05, 0) is 29.5 Å². The standard InChI is InChI=1S/C16H21FN4O/c1-16(2,3)10-14(12-4-6-13(17)7-5-12)19-15(22)11-21-9-8-18-20-21/h4-9,14H,10-11H2,1-3H3,(H,19,22)/t14-/m0/s1. The fraction of sp³-hybridized carbons (Fsp3) is 0.438. The molecule has 1 atom stereocenters. The van der Waals surface area contributed by atoms with Gasteiger partial charge < -0.3 is 5.32 Å². The zero-order valence-corrected chi connectivity index (χ0v) is 13.1. The largest absolute Gasteiger partial charge is 0.348 e. The molecule has 0 spiro atoms. The van der Waals surface area contributed by atoms with Gasteiger partial charge in [0.15, 0.2) is 0 Å². The minimum atomic E-state index is -0.285. The van der Waals surface area contributed by atoms with E-state index in [1.165, 1.54) is 23.0 Å². The number of hydrogen-bond acceptors (Lipinski definition) is 3. The minimum Gasteiger partial charge on any atom is -0.348 e. The van der Waals surface area contributed by atoms with Gasteiger partial charge in [-0.1, -0.05) is 38.1 Å².